The van der Waals surface area contributed by atoms with Crippen LogP contribution in [0.3, 0.4) is 0 Å². The number of likely N-dealkylation sites (tertiary alicyclic amines) is 1. The van der Waals surface area contributed by atoms with E-state index in [0.717, 1.165) is 17.7 Å². The Morgan fingerprint density at radius 3 is 2.45 bits per heavy atom. The monoisotopic (exact) mass is 435 g/mol. The van der Waals surface area contributed by atoms with E-state index in [1.807, 2.05) is 24.3 Å². The average molecular weight is 436 g/mol. The quantitative estimate of drug-likeness (QED) is 0.664. The molecular formula is C24H22ClN3O3. The van der Waals surface area contributed by atoms with Gasteiger partial charge in [-0.1, -0.05) is 29.8 Å². The van der Waals surface area contributed by atoms with Crippen LogP contribution >= 0.6 is 11.6 Å². The molecule has 1 saturated heterocycles. The lowest BCUT2D eigenvalue weighted by Crippen LogP contribution is -2.43. The summed E-state index contributed by atoms with van der Waals surface area (Å²) in [5.74, 6) is -0.273. The summed E-state index contributed by atoms with van der Waals surface area (Å²) in [6.45, 7) is 0.565. The predicted molar refractivity (Wildman–Crippen MR) is 121 cm³/mol. The minimum Gasteiger partial charge on any atom is -0.330 e. The van der Waals surface area contributed by atoms with Gasteiger partial charge < -0.3 is 10.2 Å². The van der Waals surface area contributed by atoms with Gasteiger partial charge >= 0.3 is 0 Å². The van der Waals surface area contributed by atoms with E-state index in [-0.39, 0.29) is 23.8 Å². The van der Waals surface area contributed by atoms with Crippen molar-refractivity contribution in [2.45, 2.75) is 25.3 Å². The number of rotatable bonds is 5. The van der Waals surface area contributed by atoms with Crippen molar-refractivity contribution >= 4 is 29.1 Å². The summed E-state index contributed by atoms with van der Waals surface area (Å²) in [7, 11) is 0. The highest BCUT2D eigenvalue weighted by Crippen LogP contribution is 2.21. The predicted octanol–water partition coefficient (Wildman–Crippen LogP) is 3.66. The first-order chi connectivity index (χ1) is 15.0. The number of nitrogens with one attached hydrogen (secondary N) is 1. The number of benzene rings is 2. The van der Waals surface area contributed by atoms with Crippen LogP contribution in [0.4, 0.5) is 5.69 Å². The molecule has 1 atom stereocenters. The van der Waals surface area contributed by atoms with Crippen LogP contribution in [-0.2, 0) is 16.0 Å². The van der Waals surface area contributed by atoms with Crippen molar-refractivity contribution in [2.24, 2.45) is 0 Å². The van der Waals surface area contributed by atoms with Gasteiger partial charge in [-0.3, -0.25) is 19.0 Å². The SMILES string of the molecule is O=C(Nc1ccc(Cl)cc1)C1CCCN1C(=O)Cc1ccc(-n2ccccc2=O)cc1. The van der Waals surface area contributed by atoms with Crippen molar-refractivity contribution in [3.63, 3.8) is 0 Å². The number of nitrogens with zero attached hydrogens (tertiary/aromatic N) is 2. The molecule has 3 aromatic rings. The lowest BCUT2D eigenvalue weighted by atomic mass is 10.1. The highest BCUT2D eigenvalue weighted by molar-refractivity contribution is 6.30. The molecule has 6 nitrogen and oxygen atoms in total. The van der Waals surface area contributed by atoms with Crippen molar-refractivity contribution in [3.8, 4) is 5.69 Å². The molecule has 1 aliphatic heterocycles. The lowest BCUT2D eigenvalue weighted by molar-refractivity contribution is -0.136. The van der Waals surface area contributed by atoms with Crippen molar-refractivity contribution in [3.05, 3.63) is 93.9 Å². The van der Waals surface area contributed by atoms with Gasteiger partial charge in [0.2, 0.25) is 11.8 Å². The summed E-state index contributed by atoms with van der Waals surface area (Å²) in [5.41, 5.74) is 2.11. The number of hydrogen-bond acceptors (Lipinski definition) is 3. The van der Waals surface area contributed by atoms with Gasteiger partial charge in [-0.05, 0) is 60.9 Å². The van der Waals surface area contributed by atoms with Crippen LogP contribution in [0.25, 0.3) is 5.69 Å². The molecule has 1 unspecified atom stereocenters. The number of carbonyl (C=O) groups is 2. The normalized spacial score (nSPS) is 15.6. The van der Waals surface area contributed by atoms with E-state index in [9.17, 15) is 14.4 Å². The number of halogens is 1. The van der Waals surface area contributed by atoms with Crippen LogP contribution in [0, 0.1) is 0 Å². The molecule has 31 heavy (non-hydrogen) atoms. The number of anilines is 1. The Balaban J connectivity index is 1.41. The van der Waals surface area contributed by atoms with E-state index in [2.05, 4.69) is 5.32 Å². The maximum Gasteiger partial charge on any atom is 0.255 e. The van der Waals surface area contributed by atoms with Gasteiger partial charge in [0.1, 0.15) is 6.04 Å². The van der Waals surface area contributed by atoms with Gasteiger partial charge in [0.25, 0.3) is 5.56 Å². The topological polar surface area (TPSA) is 71.4 Å². The van der Waals surface area contributed by atoms with Crippen molar-refractivity contribution < 1.29 is 9.59 Å². The summed E-state index contributed by atoms with van der Waals surface area (Å²) in [6.07, 6.45) is 3.34. The summed E-state index contributed by atoms with van der Waals surface area (Å²) < 4.78 is 1.54. The summed E-state index contributed by atoms with van der Waals surface area (Å²) in [6, 6.07) is 18.7. The molecule has 7 heteroatoms. The number of aromatic nitrogens is 1. The second kappa shape index (κ2) is 9.18. The molecule has 2 heterocycles. The second-order valence-corrected chi connectivity index (χ2v) is 7.93. The number of hydrogen-bond donors (Lipinski definition) is 1. The van der Waals surface area contributed by atoms with Crippen LogP contribution in [-0.4, -0.2) is 33.9 Å². The van der Waals surface area contributed by atoms with Gasteiger partial charge in [-0.2, -0.15) is 0 Å². The van der Waals surface area contributed by atoms with E-state index in [1.54, 1.807) is 52.1 Å². The van der Waals surface area contributed by atoms with Crippen molar-refractivity contribution in [1.29, 1.82) is 0 Å². The molecule has 1 aromatic heterocycles. The van der Waals surface area contributed by atoms with Crippen LogP contribution in [0.1, 0.15) is 18.4 Å². The fourth-order valence-electron chi connectivity index (χ4n) is 3.79. The molecule has 0 saturated carbocycles. The summed E-state index contributed by atoms with van der Waals surface area (Å²) in [4.78, 5) is 39.3. The molecule has 0 spiro atoms. The summed E-state index contributed by atoms with van der Waals surface area (Å²) >= 11 is 5.89. The van der Waals surface area contributed by atoms with Crippen molar-refractivity contribution in [1.82, 2.24) is 9.47 Å². The smallest absolute Gasteiger partial charge is 0.255 e. The first kappa shape index (κ1) is 20.9. The van der Waals surface area contributed by atoms with Gasteiger partial charge in [-0.15, -0.1) is 0 Å². The molecule has 158 valence electrons. The van der Waals surface area contributed by atoms with Gasteiger partial charge in [-0.25, -0.2) is 0 Å². The first-order valence-electron chi connectivity index (χ1n) is 10.1. The zero-order valence-electron chi connectivity index (χ0n) is 16.8. The third kappa shape index (κ3) is 4.86. The molecule has 0 radical (unpaired) electrons. The molecule has 1 aliphatic rings. The van der Waals surface area contributed by atoms with Crippen LogP contribution < -0.4 is 10.9 Å². The van der Waals surface area contributed by atoms with Gasteiger partial charge in [0.15, 0.2) is 0 Å². The molecular weight excluding hydrogens is 414 g/mol. The minimum atomic E-state index is -0.481. The molecule has 2 aromatic carbocycles. The van der Waals surface area contributed by atoms with Gasteiger partial charge in [0, 0.05) is 35.2 Å². The molecule has 0 bridgehead atoms. The van der Waals surface area contributed by atoms with E-state index >= 15 is 0 Å². The zero-order valence-corrected chi connectivity index (χ0v) is 17.6. The second-order valence-electron chi connectivity index (χ2n) is 7.49. The fraction of sp³-hybridized carbons (Fsp3) is 0.208. The average Bonchev–Trinajstić information content (AvgIpc) is 3.27. The highest BCUT2D eigenvalue weighted by atomic mass is 35.5. The molecule has 2 amide bonds. The van der Waals surface area contributed by atoms with E-state index in [1.165, 1.54) is 6.07 Å². The van der Waals surface area contributed by atoms with Crippen LogP contribution in [0.15, 0.2) is 77.7 Å². The fourth-order valence-corrected chi connectivity index (χ4v) is 3.91. The standard InChI is InChI=1S/C24H22ClN3O3/c25-18-8-10-19(11-9-18)26-24(31)21-4-3-15-28(21)23(30)16-17-6-12-20(13-7-17)27-14-2-1-5-22(27)29/h1-2,5-14,21H,3-4,15-16H2,(H,26,31). The Morgan fingerprint density at radius 1 is 1.00 bits per heavy atom. The third-order valence-electron chi connectivity index (χ3n) is 5.38. The van der Waals surface area contributed by atoms with Crippen LogP contribution in [0.5, 0.6) is 0 Å². The van der Waals surface area contributed by atoms with Crippen LogP contribution in [0.2, 0.25) is 5.02 Å². The third-order valence-corrected chi connectivity index (χ3v) is 5.63. The minimum absolute atomic E-state index is 0.0848. The Bertz CT molecular complexity index is 1140. The highest BCUT2D eigenvalue weighted by Gasteiger charge is 2.33. The number of carbonyl (C=O) groups excluding carboxylic acids is 2. The van der Waals surface area contributed by atoms with Crippen molar-refractivity contribution in [2.75, 3.05) is 11.9 Å². The summed E-state index contributed by atoms with van der Waals surface area (Å²) in [5, 5.41) is 3.46. The lowest BCUT2D eigenvalue weighted by Gasteiger charge is -2.24. The van der Waals surface area contributed by atoms with E-state index < -0.39 is 6.04 Å². The Morgan fingerprint density at radius 2 is 1.74 bits per heavy atom. The number of pyridine rings is 1. The largest absolute Gasteiger partial charge is 0.330 e. The molecule has 1 fully saturated rings. The zero-order chi connectivity index (χ0) is 21.8. The van der Waals surface area contributed by atoms with E-state index in [0.29, 0.717) is 23.7 Å². The Hall–Kier alpha value is -3.38. The number of amides is 2. The molecule has 1 N–H and O–H groups in total. The van der Waals surface area contributed by atoms with E-state index in [4.69, 9.17) is 11.6 Å². The Labute approximate surface area is 185 Å². The molecule has 0 aliphatic carbocycles. The first-order valence-corrected chi connectivity index (χ1v) is 10.5. The Kier molecular flexibility index (Phi) is 6.18. The van der Waals surface area contributed by atoms with Gasteiger partial charge in [0.05, 0.1) is 6.42 Å². The molecule has 4 rings (SSSR count). The maximum atomic E-state index is 12.9. The maximum absolute atomic E-state index is 12.9.